The van der Waals surface area contributed by atoms with Crippen LogP contribution in [-0.2, 0) is 0 Å². The molecule has 4 atom stereocenters. The molecule has 0 spiro atoms. The lowest BCUT2D eigenvalue weighted by Gasteiger charge is -2.32. The van der Waals surface area contributed by atoms with Crippen LogP contribution in [0.1, 0.15) is 23.2 Å². The van der Waals surface area contributed by atoms with E-state index in [2.05, 4.69) is 17.0 Å². The summed E-state index contributed by atoms with van der Waals surface area (Å²) in [5.41, 5.74) is 2.89. The molecule has 4 heteroatoms. The number of fused-ring (bicyclic) bond motifs is 5. The lowest BCUT2D eigenvalue weighted by atomic mass is 9.84. The zero-order valence-electron chi connectivity index (χ0n) is 15.1. The van der Waals surface area contributed by atoms with Crippen molar-refractivity contribution in [2.75, 3.05) is 4.90 Å². The molecular weight excluding hydrogens is 346 g/mol. The molecule has 0 aromatic heterocycles. The Morgan fingerprint density at radius 3 is 2.04 bits per heavy atom. The van der Waals surface area contributed by atoms with Crippen molar-refractivity contribution in [1.29, 1.82) is 10.5 Å². The van der Waals surface area contributed by atoms with E-state index in [0.717, 1.165) is 28.3 Å². The summed E-state index contributed by atoms with van der Waals surface area (Å²) >= 11 is 0. The van der Waals surface area contributed by atoms with Crippen LogP contribution in [0, 0.1) is 34.5 Å². The molecule has 28 heavy (non-hydrogen) atoms. The number of benzene rings is 3. The Labute approximate surface area is 163 Å². The van der Waals surface area contributed by atoms with Gasteiger partial charge in [-0.05, 0) is 23.8 Å². The third-order valence-electron chi connectivity index (χ3n) is 5.71. The monoisotopic (exact) mass is 363 g/mol. The van der Waals surface area contributed by atoms with Gasteiger partial charge in [0.05, 0.1) is 41.7 Å². The summed E-state index contributed by atoms with van der Waals surface area (Å²) in [5, 5.41) is 20.1. The third kappa shape index (κ3) is 2.29. The molecule has 134 valence electrons. The molecule has 0 radical (unpaired) electrons. The second-order valence-electron chi connectivity index (χ2n) is 7.13. The number of hydrogen-bond donors (Lipinski definition) is 0. The lowest BCUT2D eigenvalue weighted by Crippen LogP contribution is -2.27. The van der Waals surface area contributed by atoms with E-state index in [4.69, 9.17) is 4.74 Å². The van der Waals surface area contributed by atoms with Crippen molar-refractivity contribution in [2.24, 2.45) is 11.8 Å². The molecule has 0 saturated carbocycles. The van der Waals surface area contributed by atoms with Crippen LogP contribution < -0.4 is 9.64 Å². The fourth-order valence-corrected chi connectivity index (χ4v) is 4.57. The smallest absolute Gasteiger partial charge is 0.150 e. The second-order valence-corrected chi connectivity index (χ2v) is 7.13. The van der Waals surface area contributed by atoms with Gasteiger partial charge in [0.15, 0.2) is 5.75 Å². The molecule has 1 saturated heterocycles. The minimum absolute atomic E-state index is 0.225. The first-order chi connectivity index (χ1) is 13.8. The molecule has 0 amide bonds. The molecule has 0 aliphatic carbocycles. The summed E-state index contributed by atoms with van der Waals surface area (Å²) in [6, 6.07) is 30.1. The van der Waals surface area contributed by atoms with Crippen molar-refractivity contribution in [1.82, 2.24) is 0 Å². The van der Waals surface area contributed by atoms with Crippen LogP contribution in [-0.4, -0.2) is 0 Å². The van der Waals surface area contributed by atoms with Crippen molar-refractivity contribution in [3.05, 3.63) is 90.0 Å². The molecule has 1 fully saturated rings. The lowest BCUT2D eigenvalue weighted by molar-refractivity contribution is 0.465. The zero-order valence-corrected chi connectivity index (χ0v) is 15.1. The van der Waals surface area contributed by atoms with Crippen molar-refractivity contribution >= 4 is 5.69 Å². The van der Waals surface area contributed by atoms with E-state index in [9.17, 15) is 10.5 Å². The molecule has 5 rings (SSSR count). The quantitative estimate of drug-likeness (QED) is 0.583. The number of rotatable bonds is 1. The van der Waals surface area contributed by atoms with E-state index in [0.29, 0.717) is 0 Å². The number of ether oxygens (including phenoxy) is 1. The predicted octanol–water partition coefficient (Wildman–Crippen LogP) is 5.37. The molecule has 2 aliphatic heterocycles. The van der Waals surface area contributed by atoms with Crippen molar-refractivity contribution < 1.29 is 4.74 Å². The van der Waals surface area contributed by atoms with Gasteiger partial charge >= 0.3 is 0 Å². The average molecular weight is 363 g/mol. The fraction of sp³-hybridized carbons (Fsp3) is 0.167. The highest BCUT2D eigenvalue weighted by atomic mass is 16.5. The maximum absolute atomic E-state index is 10.1. The second kappa shape index (κ2) is 6.44. The molecule has 0 N–H and O–H groups in total. The van der Waals surface area contributed by atoms with Crippen LogP contribution in [0.3, 0.4) is 0 Å². The first-order valence-corrected chi connectivity index (χ1v) is 9.32. The van der Waals surface area contributed by atoms with Crippen molar-refractivity contribution in [2.45, 2.75) is 12.1 Å². The SMILES string of the molecule is N#C[C@@H]1[C@H](C#N)[C@@H](c2ccccc2)N2c3ccccc3Oc3ccccc3[C@@H]12. The molecule has 3 aromatic rings. The predicted molar refractivity (Wildman–Crippen MR) is 106 cm³/mol. The van der Waals surface area contributed by atoms with Crippen LogP contribution in [0.15, 0.2) is 78.9 Å². The van der Waals surface area contributed by atoms with E-state index in [-0.39, 0.29) is 12.1 Å². The number of nitrogens with zero attached hydrogens (tertiary/aromatic N) is 3. The normalized spacial score (nSPS) is 24.6. The van der Waals surface area contributed by atoms with Crippen LogP contribution in [0.5, 0.6) is 11.5 Å². The first-order valence-electron chi connectivity index (χ1n) is 9.32. The fourth-order valence-electron chi connectivity index (χ4n) is 4.57. The van der Waals surface area contributed by atoms with Gasteiger partial charge in [-0.3, -0.25) is 0 Å². The Hall–Kier alpha value is -3.76. The largest absolute Gasteiger partial charge is 0.455 e. The number of hydrogen-bond acceptors (Lipinski definition) is 4. The number of nitriles is 2. The van der Waals surface area contributed by atoms with E-state index >= 15 is 0 Å². The van der Waals surface area contributed by atoms with Gasteiger partial charge in [-0.1, -0.05) is 60.7 Å². The first kappa shape index (κ1) is 16.4. The van der Waals surface area contributed by atoms with Gasteiger partial charge in [-0.25, -0.2) is 0 Å². The van der Waals surface area contributed by atoms with Gasteiger partial charge in [-0.2, -0.15) is 10.5 Å². The number of anilines is 1. The van der Waals surface area contributed by atoms with Crippen LogP contribution in [0.4, 0.5) is 5.69 Å². The van der Waals surface area contributed by atoms with Crippen LogP contribution >= 0.6 is 0 Å². The van der Waals surface area contributed by atoms with Crippen LogP contribution in [0.25, 0.3) is 0 Å². The molecule has 0 unspecified atom stereocenters. The average Bonchev–Trinajstić information content (AvgIpc) is 3.01. The standard InChI is InChI=1S/C24H17N3O/c25-14-18-19(15-26)24-17-10-4-6-12-21(17)28-22-13-7-5-11-20(22)27(24)23(18)16-8-2-1-3-9-16/h1-13,18-19,23-24H/t18-,19+,23+,24-/m0/s1. The third-order valence-corrected chi connectivity index (χ3v) is 5.71. The highest BCUT2D eigenvalue weighted by Crippen LogP contribution is 2.58. The highest BCUT2D eigenvalue weighted by molar-refractivity contribution is 5.67. The van der Waals surface area contributed by atoms with Gasteiger partial charge in [0.2, 0.25) is 0 Å². The molecular formula is C24H17N3O. The van der Waals surface area contributed by atoms with E-state index in [1.165, 1.54) is 0 Å². The molecule has 3 aromatic carbocycles. The summed E-state index contributed by atoms with van der Waals surface area (Å²) in [6.45, 7) is 0. The Balaban J connectivity index is 1.82. The summed E-state index contributed by atoms with van der Waals surface area (Å²) < 4.78 is 6.25. The summed E-state index contributed by atoms with van der Waals surface area (Å²) in [4.78, 5) is 2.22. The summed E-state index contributed by atoms with van der Waals surface area (Å²) in [6.07, 6.45) is 0. The van der Waals surface area contributed by atoms with E-state index < -0.39 is 11.8 Å². The van der Waals surface area contributed by atoms with E-state index in [1.54, 1.807) is 0 Å². The van der Waals surface area contributed by atoms with Gasteiger partial charge in [0.25, 0.3) is 0 Å². The maximum atomic E-state index is 10.1. The van der Waals surface area contributed by atoms with Crippen LogP contribution in [0.2, 0.25) is 0 Å². The minimum atomic E-state index is -0.467. The molecule has 4 nitrogen and oxygen atoms in total. The zero-order chi connectivity index (χ0) is 19.1. The molecule has 0 bridgehead atoms. The van der Waals surface area contributed by atoms with Gasteiger partial charge in [0.1, 0.15) is 5.75 Å². The molecule has 2 heterocycles. The Kier molecular flexibility index (Phi) is 3.78. The summed E-state index contributed by atoms with van der Waals surface area (Å²) in [7, 11) is 0. The maximum Gasteiger partial charge on any atom is 0.150 e. The highest BCUT2D eigenvalue weighted by Gasteiger charge is 2.53. The summed E-state index contributed by atoms with van der Waals surface area (Å²) in [5.74, 6) is 0.574. The Bertz CT molecular complexity index is 1110. The topological polar surface area (TPSA) is 60.0 Å². The van der Waals surface area contributed by atoms with Crippen molar-refractivity contribution in [3.8, 4) is 23.6 Å². The Morgan fingerprint density at radius 2 is 1.29 bits per heavy atom. The molecule has 2 aliphatic rings. The van der Waals surface area contributed by atoms with Crippen molar-refractivity contribution in [3.63, 3.8) is 0 Å². The van der Waals surface area contributed by atoms with Gasteiger partial charge < -0.3 is 9.64 Å². The van der Waals surface area contributed by atoms with E-state index in [1.807, 2.05) is 78.9 Å². The van der Waals surface area contributed by atoms with Gasteiger partial charge in [0, 0.05) is 5.56 Å². The minimum Gasteiger partial charge on any atom is -0.455 e. The Morgan fingerprint density at radius 1 is 0.679 bits per heavy atom. The number of para-hydroxylation sites is 3. The van der Waals surface area contributed by atoms with Gasteiger partial charge in [-0.15, -0.1) is 0 Å².